The number of hydrogen-bond acceptors (Lipinski definition) is 4. The van der Waals surface area contributed by atoms with E-state index in [2.05, 4.69) is 0 Å². The fraction of sp³-hybridized carbons (Fsp3) is 0.200. The second kappa shape index (κ2) is 6.43. The van der Waals surface area contributed by atoms with Crippen LogP contribution in [0.25, 0.3) is 0 Å². The maximum absolute atomic E-state index is 13.6. The quantitative estimate of drug-likeness (QED) is 0.604. The number of hydrogen-bond donors (Lipinski definition) is 0. The number of ketones is 1. The van der Waals surface area contributed by atoms with Crippen LogP contribution in [-0.4, -0.2) is 18.7 Å². The van der Waals surface area contributed by atoms with Crippen molar-refractivity contribution in [1.82, 2.24) is 0 Å². The van der Waals surface area contributed by atoms with Gasteiger partial charge in [-0.3, -0.25) is 9.59 Å². The van der Waals surface area contributed by atoms with Gasteiger partial charge < -0.3 is 4.74 Å². The Kier molecular flexibility index (Phi) is 4.63. The average molecular weight is 292 g/mol. The highest BCUT2D eigenvalue weighted by Crippen LogP contribution is 2.20. The Morgan fingerprint density at radius 2 is 2.15 bits per heavy atom. The molecule has 0 aliphatic heterocycles. The molecule has 1 aromatic heterocycles. The number of carbonyl (C=O) groups is 2. The van der Waals surface area contributed by atoms with Crippen molar-refractivity contribution in [3.05, 3.63) is 51.5 Å². The van der Waals surface area contributed by atoms with Crippen molar-refractivity contribution in [3.8, 4) is 5.75 Å². The van der Waals surface area contributed by atoms with Gasteiger partial charge in [0.05, 0.1) is 4.88 Å². The summed E-state index contributed by atoms with van der Waals surface area (Å²) in [7, 11) is 0. The molecule has 0 saturated heterocycles. The van der Waals surface area contributed by atoms with E-state index in [0.717, 1.165) is 17.4 Å². The predicted octanol–water partition coefficient (Wildman–Crippen LogP) is 3.52. The third-order valence-electron chi connectivity index (χ3n) is 2.74. The van der Waals surface area contributed by atoms with Gasteiger partial charge in [0.15, 0.2) is 18.2 Å². The standard InChI is InChI=1S/C15H13FO3S/c1-2-11-4-6-15(20-11)13(18)9-19-14-5-3-10(8-17)7-12(14)16/h3-8H,2,9H2,1H3. The summed E-state index contributed by atoms with van der Waals surface area (Å²) in [6, 6.07) is 7.51. The molecule has 0 spiro atoms. The summed E-state index contributed by atoms with van der Waals surface area (Å²) in [5.74, 6) is -0.868. The second-order valence-electron chi connectivity index (χ2n) is 4.14. The van der Waals surface area contributed by atoms with Crippen molar-refractivity contribution >= 4 is 23.4 Å². The number of Topliss-reactive ketones (excluding diaryl/α,β-unsaturated/α-hetero) is 1. The molecule has 0 saturated carbocycles. The van der Waals surface area contributed by atoms with E-state index in [-0.39, 0.29) is 23.7 Å². The molecule has 1 heterocycles. The third kappa shape index (κ3) is 3.30. The number of carbonyl (C=O) groups excluding carboxylic acids is 2. The number of rotatable bonds is 6. The molecular formula is C15H13FO3S. The fourth-order valence-corrected chi connectivity index (χ4v) is 2.51. The molecule has 0 unspecified atom stereocenters. The second-order valence-corrected chi connectivity index (χ2v) is 5.31. The van der Waals surface area contributed by atoms with Crippen molar-refractivity contribution in [1.29, 1.82) is 0 Å². The first kappa shape index (κ1) is 14.4. The lowest BCUT2D eigenvalue weighted by atomic mass is 10.2. The van der Waals surface area contributed by atoms with E-state index in [1.165, 1.54) is 23.5 Å². The number of benzene rings is 1. The first-order valence-electron chi connectivity index (χ1n) is 6.13. The molecule has 0 amide bonds. The zero-order chi connectivity index (χ0) is 14.5. The lowest BCUT2D eigenvalue weighted by Gasteiger charge is -2.06. The summed E-state index contributed by atoms with van der Waals surface area (Å²) < 4.78 is 18.7. The number of ether oxygens (including phenoxy) is 1. The van der Waals surface area contributed by atoms with Gasteiger partial charge in [-0.25, -0.2) is 4.39 Å². The van der Waals surface area contributed by atoms with E-state index in [0.29, 0.717) is 11.2 Å². The minimum atomic E-state index is -0.650. The highest BCUT2D eigenvalue weighted by atomic mass is 32.1. The van der Waals surface area contributed by atoms with Crippen molar-refractivity contribution in [2.45, 2.75) is 13.3 Å². The Morgan fingerprint density at radius 1 is 1.35 bits per heavy atom. The molecule has 0 aliphatic carbocycles. The molecule has 0 atom stereocenters. The van der Waals surface area contributed by atoms with Gasteiger partial charge >= 0.3 is 0 Å². The van der Waals surface area contributed by atoms with Crippen LogP contribution >= 0.6 is 11.3 Å². The number of halogens is 1. The lowest BCUT2D eigenvalue weighted by Crippen LogP contribution is -2.11. The Bertz CT molecular complexity index is 634. The van der Waals surface area contributed by atoms with Gasteiger partial charge in [0, 0.05) is 10.4 Å². The van der Waals surface area contributed by atoms with Gasteiger partial charge in [-0.2, -0.15) is 0 Å². The first-order valence-corrected chi connectivity index (χ1v) is 6.95. The van der Waals surface area contributed by atoms with E-state index < -0.39 is 5.82 Å². The molecule has 2 aromatic rings. The van der Waals surface area contributed by atoms with Gasteiger partial charge in [0.25, 0.3) is 0 Å². The summed E-state index contributed by atoms with van der Waals surface area (Å²) in [5.41, 5.74) is 0.229. The molecule has 5 heteroatoms. The van der Waals surface area contributed by atoms with E-state index in [9.17, 15) is 14.0 Å². The number of thiophene rings is 1. The summed E-state index contributed by atoms with van der Waals surface area (Å²) >= 11 is 1.42. The SMILES string of the molecule is CCc1ccc(C(=O)COc2ccc(C=O)cc2F)s1. The summed E-state index contributed by atoms with van der Waals surface area (Å²) in [4.78, 5) is 24.1. The average Bonchev–Trinajstić information content (AvgIpc) is 2.94. The number of aryl methyl sites for hydroxylation is 1. The van der Waals surface area contributed by atoms with E-state index >= 15 is 0 Å². The molecule has 0 radical (unpaired) electrons. The fourth-order valence-electron chi connectivity index (χ4n) is 1.64. The van der Waals surface area contributed by atoms with Crippen LogP contribution < -0.4 is 4.74 Å². The van der Waals surface area contributed by atoms with E-state index in [1.807, 2.05) is 13.0 Å². The van der Waals surface area contributed by atoms with Crippen LogP contribution in [0, 0.1) is 5.82 Å². The predicted molar refractivity (Wildman–Crippen MR) is 75.3 cm³/mol. The zero-order valence-corrected chi connectivity index (χ0v) is 11.7. The van der Waals surface area contributed by atoms with Crippen LogP contribution in [0.15, 0.2) is 30.3 Å². The lowest BCUT2D eigenvalue weighted by molar-refractivity contribution is 0.0922. The summed E-state index contributed by atoms with van der Waals surface area (Å²) in [6.45, 7) is 1.79. The minimum absolute atomic E-state index is 0.0313. The van der Waals surface area contributed by atoms with Crippen LogP contribution in [-0.2, 0) is 6.42 Å². The molecule has 104 valence electrons. The van der Waals surface area contributed by atoms with Crippen LogP contribution in [0.4, 0.5) is 4.39 Å². The topological polar surface area (TPSA) is 43.4 Å². The van der Waals surface area contributed by atoms with Gasteiger partial charge in [-0.1, -0.05) is 6.92 Å². The maximum atomic E-state index is 13.6. The molecule has 0 N–H and O–H groups in total. The smallest absolute Gasteiger partial charge is 0.210 e. The summed E-state index contributed by atoms with van der Waals surface area (Å²) in [5, 5.41) is 0. The highest BCUT2D eigenvalue weighted by molar-refractivity contribution is 7.14. The van der Waals surface area contributed by atoms with Crippen molar-refractivity contribution in [2.75, 3.05) is 6.61 Å². The molecular weight excluding hydrogens is 279 g/mol. The molecule has 2 rings (SSSR count). The molecule has 0 bridgehead atoms. The first-order chi connectivity index (χ1) is 9.63. The molecule has 20 heavy (non-hydrogen) atoms. The maximum Gasteiger partial charge on any atom is 0.210 e. The van der Waals surface area contributed by atoms with Gasteiger partial charge in [0.1, 0.15) is 6.29 Å². The van der Waals surface area contributed by atoms with Crippen molar-refractivity contribution in [2.24, 2.45) is 0 Å². The normalized spacial score (nSPS) is 10.3. The highest BCUT2D eigenvalue weighted by Gasteiger charge is 2.11. The van der Waals surface area contributed by atoms with Gasteiger partial charge in [-0.15, -0.1) is 11.3 Å². The van der Waals surface area contributed by atoms with Crippen LogP contribution in [0.3, 0.4) is 0 Å². The Balaban J connectivity index is 2.01. The van der Waals surface area contributed by atoms with E-state index in [1.54, 1.807) is 6.07 Å². The van der Waals surface area contributed by atoms with Crippen LogP contribution in [0.2, 0.25) is 0 Å². The molecule has 0 fully saturated rings. The molecule has 1 aromatic carbocycles. The Hall–Kier alpha value is -2.01. The Labute approximate surface area is 120 Å². The molecule has 0 aliphatic rings. The van der Waals surface area contributed by atoms with Gasteiger partial charge in [0.2, 0.25) is 5.78 Å². The Morgan fingerprint density at radius 3 is 2.75 bits per heavy atom. The third-order valence-corrected chi connectivity index (χ3v) is 4.01. The largest absolute Gasteiger partial charge is 0.482 e. The van der Waals surface area contributed by atoms with Crippen molar-refractivity contribution in [3.63, 3.8) is 0 Å². The molecule has 3 nitrogen and oxygen atoms in total. The van der Waals surface area contributed by atoms with Crippen LogP contribution in [0.1, 0.15) is 31.8 Å². The zero-order valence-electron chi connectivity index (χ0n) is 10.9. The van der Waals surface area contributed by atoms with Gasteiger partial charge in [-0.05, 0) is 36.8 Å². The summed E-state index contributed by atoms with van der Waals surface area (Å²) in [6.07, 6.45) is 1.43. The minimum Gasteiger partial charge on any atom is -0.482 e. The van der Waals surface area contributed by atoms with Crippen molar-refractivity contribution < 1.29 is 18.7 Å². The number of aldehydes is 1. The van der Waals surface area contributed by atoms with E-state index in [4.69, 9.17) is 4.74 Å². The monoisotopic (exact) mass is 292 g/mol. The van der Waals surface area contributed by atoms with Crippen LogP contribution in [0.5, 0.6) is 5.75 Å².